The van der Waals surface area contributed by atoms with Crippen LogP contribution in [0.3, 0.4) is 0 Å². The fourth-order valence-corrected chi connectivity index (χ4v) is 3.19. The van der Waals surface area contributed by atoms with Crippen molar-refractivity contribution in [2.24, 2.45) is 0 Å². The van der Waals surface area contributed by atoms with Crippen LogP contribution < -0.4 is 10.1 Å². The first-order valence-corrected chi connectivity index (χ1v) is 8.61. The normalized spacial score (nSPS) is 11.9. The number of Topliss-reactive ketones (excluding diaryl/α,β-unsaturated/α-hetero) is 1. The summed E-state index contributed by atoms with van der Waals surface area (Å²) >= 11 is 7.29. The van der Waals surface area contributed by atoms with Gasteiger partial charge in [0.25, 0.3) is 5.91 Å². The van der Waals surface area contributed by atoms with Crippen LogP contribution in [0, 0.1) is 20.8 Å². The molecule has 0 radical (unpaired) electrons. The molecule has 0 saturated heterocycles. The number of aryl methyl sites for hydroxylation is 3. The summed E-state index contributed by atoms with van der Waals surface area (Å²) in [6.07, 6.45) is -0.713. The minimum absolute atomic E-state index is 0.0677. The van der Waals surface area contributed by atoms with Crippen molar-refractivity contribution in [2.45, 2.75) is 40.7 Å². The molecule has 24 heavy (non-hydrogen) atoms. The molecule has 1 aromatic carbocycles. The summed E-state index contributed by atoms with van der Waals surface area (Å²) in [5.74, 6) is 0.183. The summed E-state index contributed by atoms with van der Waals surface area (Å²) in [6.45, 7) is 8.63. The minimum atomic E-state index is -0.713. The Labute approximate surface area is 150 Å². The maximum absolute atomic E-state index is 12.3. The molecular weight excluding hydrogens is 348 g/mol. The van der Waals surface area contributed by atoms with Crippen molar-refractivity contribution in [1.29, 1.82) is 0 Å². The van der Waals surface area contributed by atoms with Crippen molar-refractivity contribution in [3.8, 4) is 5.75 Å². The molecule has 0 bridgehead atoms. The summed E-state index contributed by atoms with van der Waals surface area (Å²) in [6, 6.07) is 3.58. The van der Waals surface area contributed by atoms with Crippen molar-refractivity contribution < 1.29 is 14.3 Å². The number of nitrogens with zero attached hydrogens (tertiary/aromatic N) is 1. The van der Waals surface area contributed by atoms with Crippen molar-refractivity contribution in [1.82, 2.24) is 4.98 Å². The number of nitrogens with one attached hydrogen (secondary N) is 1. The first-order valence-electron chi connectivity index (χ1n) is 7.41. The lowest BCUT2D eigenvalue weighted by molar-refractivity contribution is -0.122. The van der Waals surface area contributed by atoms with E-state index in [0.717, 1.165) is 22.5 Å². The molecule has 0 aliphatic carbocycles. The average Bonchev–Trinajstić information content (AvgIpc) is 2.85. The lowest BCUT2D eigenvalue weighted by Gasteiger charge is -2.15. The van der Waals surface area contributed by atoms with Gasteiger partial charge in [-0.2, -0.15) is 0 Å². The van der Waals surface area contributed by atoms with E-state index in [4.69, 9.17) is 16.3 Å². The summed E-state index contributed by atoms with van der Waals surface area (Å²) < 4.78 is 5.69. The molecule has 1 amide bonds. The number of carbonyl (C=O) groups is 2. The molecule has 1 aromatic heterocycles. The molecule has 1 N–H and O–H groups in total. The van der Waals surface area contributed by atoms with Crippen molar-refractivity contribution in [3.63, 3.8) is 0 Å². The van der Waals surface area contributed by atoms with Crippen LogP contribution in [0.2, 0.25) is 5.02 Å². The molecule has 0 saturated carbocycles. The van der Waals surface area contributed by atoms with Crippen LogP contribution in [0.1, 0.15) is 40.3 Å². The number of amides is 1. The molecule has 0 fully saturated rings. The first kappa shape index (κ1) is 18.4. The van der Waals surface area contributed by atoms with Crippen molar-refractivity contribution in [2.75, 3.05) is 5.32 Å². The Morgan fingerprint density at radius 2 is 1.83 bits per heavy atom. The predicted octanol–water partition coefficient (Wildman–Crippen LogP) is 4.33. The highest BCUT2D eigenvalue weighted by atomic mass is 35.5. The third-order valence-corrected chi connectivity index (χ3v) is 5.21. The first-order chi connectivity index (χ1) is 11.2. The van der Waals surface area contributed by atoms with Crippen LogP contribution in [-0.4, -0.2) is 22.8 Å². The highest BCUT2D eigenvalue weighted by molar-refractivity contribution is 7.17. The van der Waals surface area contributed by atoms with Gasteiger partial charge in [-0.3, -0.25) is 14.9 Å². The lowest BCUT2D eigenvalue weighted by atomic mass is 10.1. The standard InChI is InChI=1S/C17H19ClN2O3S/c1-8-6-13(7-9(2)14(8)18)23-12(5)16(22)20-17-19-10(3)15(24-17)11(4)21/h6-7,12H,1-5H3,(H,19,20,22). The Hall–Kier alpha value is -1.92. The zero-order valence-electron chi connectivity index (χ0n) is 14.2. The Balaban J connectivity index is 2.07. The molecule has 0 aliphatic rings. The SMILES string of the molecule is CC(=O)c1sc(NC(=O)C(C)Oc2cc(C)c(Cl)c(C)c2)nc1C. The van der Waals surface area contributed by atoms with Crippen LogP contribution in [0.4, 0.5) is 5.13 Å². The zero-order valence-corrected chi connectivity index (χ0v) is 15.8. The number of aromatic nitrogens is 1. The predicted molar refractivity (Wildman–Crippen MR) is 96.5 cm³/mol. The van der Waals surface area contributed by atoms with E-state index in [-0.39, 0.29) is 11.7 Å². The Morgan fingerprint density at radius 3 is 2.33 bits per heavy atom. The quantitative estimate of drug-likeness (QED) is 0.799. The van der Waals surface area contributed by atoms with Gasteiger partial charge in [0, 0.05) is 11.9 Å². The van der Waals surface area contributed by atoms with Gasteiger partial charge in [0.15, 0.2) is 17.0 Å². The largest absolute Gasteiger partial charge is 0.481 e. The molecule has 2 rings (SSSR count). The number of halogens is 1. The zero-order chi connectivity index (χ0) is 18.0. The maximum Gasteiger partial charge on any atom is 0.266 e. The molecule has 1 heterocycles. The number of hydrogen-bond acceptors (Lipinski definition) is 5. The second-order valence-corrected chi connectivity index (χ2v) is 6.99. The van der Waals surface area contributed by atoms with Crippen molar-refractivity contribution in [3.05, 3.63) is 38.9 Å². The molecule has 2 aromatic rings. The lowest BCUT2D eigenvalue weighted by Crippen LogP contribution is -2.30. The molecule has 1 unspecified atom stereocenters. The molecule has 128 valence electrons. The molecule has 7 heteroatoms. The maximum atomic E-state index is 12.3. The van der Waals surface area contributed by atoms with E-state index in [2.05, 4.69) is 10.3 Å². The van der Waals surface area contributed by atoms with Gasteiger partial charge in [-0.05, 0) is 51.0 Å². The highest BCUT2D eigenvalue weighted by Crippen LogP contribution is 2.27. The third kappa shape index (κ3) is 4.13. The van der Waals surface area contributed by atoms with E-state index < -0.39 is 6.10 Å². The van der Waals surface area contributed by atoms with Crippen LogP contribution in [0.25, 0.3) is 0 Å². The second-order valence-electron chi connectivity index (χ2n) is 5.61. The molecule has 1 atom stereocenters. The smallest absolute Gasteiger partial charge is 0.266 e. The van der Waals surface area contributed by atoms with Gasteiger partial charge in [-0.15, -0.1) is 0 Å². The summed E-state index contributed by atoms with van der Waals surface area (Å²) in [7, 11) is 0. The Bertz CT molecular complexity index is 778. The number of rotatable bonds is 5. The number of anilines is 1. The van der Waals surface area contributed by atoms with Gasteiger partial charge in [0.05, 0.1) is 10.6 Å². The number of thiazole rings is 1. The van der Waals surface area contributed by atoms with Gasteiger partial charge in [0.1, 0.15) is 5.75 Å². The summed E-state index contributed by atoms with van der Waals surface area (Å²) in [5.41, 5.74) is 2.39. The van der Waals surface area contributed by atoms with E-state index in [1.54, 1.807) is 26.0 Å². The topological polar surface area (TPSA) is 68.3 Å². The Kier molecular flexibility index (Phi) is 5.62. The van der Waals surface area contributed by atoms with E-state index in [1.807, 2.05) is 13.8 Å². The van der Waals surface area contributed by atoms with Gasteiger partial charge in [-0.25, -0.2) is 4.98 Å². The highest BCUT2D eigenvalue weighted by Gasteiger charge is 2.19. The van der Waals surface area contributed by atoms with Gasteiger partial charge in [-0.1, -0.05) is 22.9 Å². The Morgan fingerprint density at radius 1 is 1.25 bits per heavy atom. The number of ketones is 1. The number of hydrogen-bond donors (Lipinski definition) is 1. The molecule has 5 nitrogen and oxygen atoms in total. The van der Waals surface area contributed by atoms with E-state index in [9.17, 15) is 9.59 Å². The summed E-state index contributed by atoms with van der Waals surface area (Å²) in [5, 5.41) is 3.76. The third-order valence-electron chi connectivity index (χ3n) is 3.44. The molecular formula is C17H19ClN2O3S. The van der Waals surface area contributed by atoms with Gasteiger partial charge < -0.3 is 4.74 Å². The number of ether oxygens (including phenoxy) is 1. The van der Waals surface area contributed by atoms with Crippen LogP contribution in [0.5, 0.6) is 5.75 Å². The van der Waals surface area contributed by atoms with Crippen LogP contribution in [-0.2, 0) is 4.79 Å². The monoisotopic (exact) mass is 366 g/mol. The fraction of sp³-hybridized carbons (Fsp3) is 0.353. The van der Waals surface area contributed by atoms with Gasteiger partial charge >= 0.3 is 0 Å². The molecule has 0 aliphatic heterocycles. The van der Waals surface area contributed by atoms with E-state index in [1.165, 1.54) is 6.92 Å². The second kappa shape index (κ2) is 7.32. The van der Waals surface area contributed by atoms with Crippen LogP contribution in [0.15, 0.2) is 12.1 Å². The number of carbonyl (C=O) groups excluding carboxylic acids is 2. The fourth-order valence-electron chi connectivity index (χ4n) is 2.22. The van der Waals surface area contributed by atoms with Crippen molar-refractivity contribution >= 4 is 39.8 Å². The van der Waals surface area contributed by atoms with E-state index >= 15 is 0 Å². The number of benzene rings is 1. The van der Waals surface area contributed by atoms with E-state index in [0.29, 0.717) is 26.5 Å². The van der Waals surface area contributed by atoms with Gasteiger partial charge in [0.2, 0.25) is 0 Å². The summed E-state index contributed by atoms with van der Waals surface area (Å²) in [4.78, 5) is 28.5. The molecule has 0 spiro atoms. The minimum Gasteiger partial charge on any atom is -0.481 e. The average molecular weight is 367 g/mol. The van der Waals surface area contributed by atoms with Crippen LogP contribution >= 0.6 is 22.9 Å².